The van der Waals surface area contributed by atoms with Crippen LogP contribution in [0.4, 0.5) is 0 Å². The fourth-order valence-corrected chi connectivity index (χ4v) is 4.48. The van der Waals surface area contributed by atoms with E-state index in [0.717, 1.165) is 31.2 Å². The molecule has 1 saturated carbocycles. The van der Waals surface area contributed by atoms with Gasteiger partial charge in [-0.3, -0.25) is 14.6 Å². The zero-order valence-electron chi connectivity index (χ0n) is 18.0. The molecule has 0 saturated heterocycles. The number of thioether (sulfide) groups is 1. The van der Waals surface area contributed by atoms with Crippen LogP contribution in [0.5, 0.6) is 5.75 Å². The zero-order valence-corrected chi connectivity index (χ0v) is 18.9. The number of amides is 1. The number of H-pyrrole nitrogens is 1. The number of aromatic nitrogens is 2. The summed E-state index contributed by atoms with van der Waals surface area (Å²) in [5.41, 5.74) is 1.86. The topological polar surface area (TPSA) is 84.1 Å². The number of carbonyl (C=O) groups is 1. The number of nitrogens with one attached hydrogen (secondary N) is 2. The third kappa shape index (κ3) is 5.40. The maximum Gasteiger partial charge on any atom is 0.294 e. The maximum absolute atomic E-state index is 13.1. The molecule has 1 heterocycles. The number of rotatable bonds is 7. The molecule has 1 aliphatic rings. The molecular formula is C25H27N3O3S. The highest BCUT2D eigenvalue weighted by molar-refractivity contribution is 7.98. The molecule has 32 heavy (non-hydrogen) atoms. The smallest absolute Gasteiger partial charge is 0.294 e. The summed E-state index contributed by atoms with van der Waals surface area (Å²) in [7, 11) is 0. The SMILES string of the molecule is CSc1nc(C(=O)N[C@H]2CC[C@@H](c3ccccc3)CC2)c(OCc2ccccc2)c(=O)[nH]1. The molecular weight excluding hydrogens is 422 g/mol. The third-order valence-corrected chi connectivity index (χ3v) is 6.40. The average Bonchev–Trinajstić information content (AvgIpc) is 2.84. The number of ether oxygens (including phenoxy) is 1. The van der Waals surface area contributed by atoms with E-state index in [0.29, 0.717) is 11.1 Å². The van der Waals surface area contributed by atoms with Gasteiger partial charge in [-0.2, -0.15) is 0 Å². The summed E-state index contributed by atoms with van der Waals surface area (Å²) in [6.45, 7) is 0.187. The van der Waals surface area contributed by atoms with E-state index in [4.69, 9.17) is 4.74 Å². The van der Waals surface area contributed by atoms with E-state index < -0.39 is 5.56 Å². The van der Waals surface area contributed by atoms with Gasteiger partial charge in [0, 0.05) is 6.04 Å². The Balaban J connectivity index is 1.45. The van der Waals surface area contributed by atoms with Crippen molar-refractivity contribution in [2.75, 3.05) is 6.26 Å². The molecule has 6 nitrogen and oxygen atoms in total. The molecule has 166 valence electrons. The van der Waals surface area contributed by atoms with Crippen molar-refractivity contribution in [3.05, 3.63) is 87.8 Å². The number of hydrogen-bond donors (Lipinski definition) is 2. The lowest BCUT2D eigenvalue weighted by molar-refractivity contribution is 0.0914. The summed E-state index contributed by atoms with van der Waals surface area (Å²) < 4.78 is 5.76. The van der Waals surface area contributed by atoms with Gasteiger partial charge >= 0.3 is 0 Å². The molecule has 7 heteroatoms. The predicted molar refractivity (Wildman–Crippen MR) is 126 cm³/mol. The quantitative estimate of drug-likeness (QED) is 0.409. The van der Waals surface area contributed by atoms with Crippen molar-refractivity contribution in [3.8, 4) is 5.75 Å². The largest absolute Gasteiger partial charge is 0.481 e. The van der Waals surface area contributed by atoms with Crippen LogP contribution in [0.25, 0.3) is 0 Å². The van der Waals surface area contributed by atoms with Crippen LogP contribution < -0.4 is 15.6 Å². The molecule has 0 aliphatic heterocycles. The first-order valence-electron chi connectivity index (χ1n) is 10.8. The fraction of sp³-hybridized carbons (Fsp3) is 0.320. The van der Waals surface area contributed by atoms with Crippen LogP contribution in [-0.2, 0) is 6.61 Å². The van der Waals surface area contributed by atoms with Crippen LogP contribution in [-0.4, -0.2) is 28.2 Å². The summed E-state index contributed by atoms with van der Waals surface area (Å²) in [5, 5.41) is 3.47. The number of benzene rings is 2. The Hall–Kier alpha value is -3.06. The van der Waals surface area contributed by atoms with Crippen molar-refractivity contribution >= 4 is 17.7 Å². The van der Waals surface area contributed by atoms with E-state index >= 15 is 0 Å². The van der Waals surface area contributed by atoms with Crippen molar-refractivity contribution in [3.63, 3.8) is 0 Å². The third-order valence-electron chi connectivity index (χ3n) is 5.82. The van der Waals surface area contributed by atoms with Crippen molar-refractivity contribution in [1.82, 2.24) is 15.3 Å². The molecule has 0 spiro atoms. The van der Waals surface area contributed by atoms with Crippen LogP contribution in [0.2, 0.25) is 0 Å². The van der Waals surface area contributed by atoms with Crippen LogP contribution in [0.1, 0.15) is 53.2 Å². The first-order chi connectivity index (χ1) is 15.6. The highest BCUT2D eigenvalue weighted by Gasteiger charge is 2.26. The van der Waals surface area contributed by atoms with Crippen molar-refractivity contribution in [2.45, 2.75) is 49.4 Å². The molecule has 0 atom stereocenters. The minimum Gasteiger partial charge on any atom is -0.481 e. The van der Waals surface area contributed by atoms with Gasteiger partial charge in [-0.15, -0.1) is 0 Å². The van der Waals surface area contributed by atoms with Gasteiger partial charge in [0.15, 0.2) is 10.9 Å². The summed E-state index contributed by atoms with van der Waals surface area (Å²) in [6.07, 6.45) is 5.62. The molecule has 2 N–H and O–H groups in total. The van der Waals surface area contributed by atoms with E-state index in [2.05, 4.69) is 39.6 Å². The molecule has 1 amide bonds. The van der Waals surface area contributed by atoms with Gasteiger partial charge in [-0.05, 0) is 49.0 Å². The molecule has 1 aromatic heterocycles. The van der Waals surface area contributed by atoms with Gasteiger partial charge < -0.3 is 10.1 Å². The lowest BCUT2D eigenvalue weighted by atomic mass is 9.82. The second-order valence-electron chi connectivity index (χ2n) is 7.96. The van der Waals surface area contributed by atoms with E-state index in [-0.39, 0.29) is 30.0 Å². The second-order valence-corrected chi connectivity index (χ2v) is 8.75. The van der Waals surface area contributed by atoms with Gasteiger partial charge in [-0.25, -0.2) is 4.98 Å². The van der Waals surface area contributed by atoms with Crippen LogP contribution in [0.15, 0.2) is 70.6 Å². The van der Waals surface area contributed by atoms with Crippen LogP contribution >= 0.6 is 11.8 Å². The standard InChI is InChI=1S/C25H27N3O3S/c1-32-25-27-21(22(24(30)28-25)31-16-17-8-4-2-5-9-17)23(29)26-20-14-12-19(13-15-20)18-10-6-3-7-11-18/h2-11,19-20H,12-16H2,1H3,(H,26,29)(H,27,28,30)/t19-,20+. The van der Waals surface area contributed by atoms with Crippen molar-refractivity contribution in [2.24, 2.45) is 0 Å². The Kier molecular flexibility index (Phi) is 7.27. The Morgan fingerprint density at radius 2 is 1.72 bits per heavy atom. The average molecular weight is 450 g/mol. The normalized spacial score (nSPS) is 18.2. The van der Waals surface area contributed by atoms with E-state index in [9.17, 15) is 9.59 Å². The highest BCUT2D eigenvalue weighted by atomic mass is 32.2. The Morgan fingerprint density at radius 1 is 1.06 bits per heavy atom. The molecule has 0 radical (unpaired) electrons. The lowest BCUT2D eigenvalue weighted by Gasteiger charge is -2.29. The maximum atomic E-state index is 13.1. The highest BCUT2D eigenvalue weighted by Crippen LogP contribution is 2.33. The first kappa shape index (κ1) is 22.1. The number of aromatic amines is 1. The summed E-state index contributed by atoms with van der Waals surface area (Å²) in [6, 6.07) is 20.1. The molecule has 0 bridgehead atoms. The zero-order chi connectivity index (χ0) is 22.3. The summed E-state index contributed by atoms with van der Waals surface area (Å²) in [4.78, 5) is 32.8. The van der Waals surface area contributed by atoms with Crippen LogP contribution in [0.3, 0.4) is 0 Å². The van der Waals surface area contributed by atoms with Gasteiger partial charge in [-0.1, -0.05) is 72.4 Å². The van der Waals surface area contributed by atoms with Gasteiger partial charge in [0.05, 0.1) is 0 Å². The van der Waals surface area contributed by atoms with E-state index in [1.165, 1.54) is 17.3 Å². The summed E-state index contributed by atoms with van der Waals surface area (Å²) >= 11 is 1.28. The Bertz CT molecular complexity index is 1090. The van der Waals surface area contributed by atoms with Crippen molar-refractivity contribution in [1.29, 1.82) is 0 Å². The minimum absolute atomic E-state index is 0.0397. The monoisotopic (exact) mass is 449 g/mol. The van der Waals surface area contributed by atoms with Gasteiger partial charge in [0.1, 0.15) is 6.61 Å². The number of hydrogen-bond acceptors (Lipinski definition) is 5. The Labute approximate surface area is 191 Å². The second kappa shape index (κ2) is 10.5. The molecule has 1 fully saturated rings. The van der Waals surface area contributed by atoms with Gasteiger partial charge in [0.25, 0.3) is 11.5 Å². The molecule has 0 unspecified atom stereocenters. The molecule has 3 aromatic rings. The van der Waals surface area contributed by atoms with Gasteiger partial charge in [0.2, 0.25) is 5.75 Å². The Morgan fingerprint density at radius 3 is 2.38 bits per heavy atom. The lowest BCUT2D eigenvalue weighted by Crippen LogP contribution is -2.38. The van der Waals surface area contributed by atoms with E-state index in [1.54, 1.807) is 6.26 Å². The number of nitrogens with zero attached hydrogens (tertiary/aromatic N) is 1. The van der Waals surface area contributed by atoms with Crippen molar-refractivity contribution < 1.29 is 9.53 Å². The predicted octanol–water partition coefficient (Wildman–Crippen LogP) is 4.53. The molecule has 1 aliphatic carbocycles. The fourth-order valence-electron chi connectivity index (χ4n) is 4.11. The van der Waals surface area contributed by atoms with Crippen LogP contribution in [0, 0.1) is 0 Å². The number of carbonyl (C=O) groups excluding carboxylic acids is 1. The summed E-state index contributed by atoms with van der Waals surface area (Å²) in [5.74, 6) is 0.120. The van der Waals surface area contributed by atoms with E-state index in [1.807, 2.05) is 36.4 Å². The first-order valence-corrected chi connectivity index (χ1v) is 12.1. The minimum atomic E-state index is -0.446. The molecule has 4 rings (SSSR count). The molecule has 2 aromatic carbocycles.